The molecule has 2 unspecified atom stereocenters. The average molecular weight is 407 g/mol. The van der Waals surface area contributed by atoms with Gasteiger partial charge in [0.2, 0.25) is 5.78 Å². The normalized spacial score (nSPS) is 19.2. The predicted molar refractivity (Wildman–Crippen MR) is 110 cm³/mol. The molecule has 0 heterocycles. The number of Topliss-reactive ketones (excluding diaryl/α,β-unsaturated/α-hetero) is 2. The van der Waals surface area contributed by atoms with Crippen molar-refractivity contribution >= 4 is 23.4 Å². The molecule has 3 rings (SSSR count). The Labute approximate surface area is 175 Å². The largest absolute Gasteiger partial charge is 0.468 e. The Morgan fingerprint density at radius 2 is 1.67 bits per heavy atom. The molecular weight excluding hydrogens is 382 g/mol. The van der Waals surface area contributed by atoms with Crippen LogP contribution in [0, 0.1) is 5.41 Å². The molecule has 1 amide bonds. The maximum Gasteiger partial charge on any atom is 0.319 e. The van der Waals surface area contributed by atoms with Crippen LogP contribution >= 0.6 is 0 Å². The van der Waals surface area contributed by atoms with Crippen molar-refractivity contribution in [2.75, 3.05) is 7.11 Å². The van der Waals surface area contributed by atoms with Crippen molar-refractivity contribution < 1.29 is 23.9 Å². The quantitative estimate of drug-likeness (QED) is 0.413. The molecule has 2 atom stereocenters. The lowest BCUT2D eigenvalue weighted by Crippen LogP contribution is -2.44. The van der Waals surface area contributed by atoms with Crippen molar-refractivity contribution in [1.29, 1.82) is 0 Å². The second-order valence-corrected chi connectivity index (χ2v) is 7.50. The number of ether oxygens (including phenoxy) is 1. The van der Waals surface area contributed by atoms with Crippen LogP contribution < -0.4 is 5.32 Å². The zero-order valence-electron chi connectivity index (χ0n) is 16.9. The van der Waals surface area contributed by atoms with Crippen LogP contribution in [-0.4, -0.2) is 30.6 Å². The van der Waals surface area contributed by atoms with Gasteiger partial charge in [-0.25, -0.2) is 0 Å². The first-order valence-electron chi connectivity index (χ1n) is 10.0. The summed E-state index contributed by atoms with van der Waals surface area (Å²) >= 11 is 0. The minimum absolute atomic E-state index is 0.225. The molecule has 1 saturated carbocycles. The van der Waals surface area contributed by atoms with Gasteiger partial charge in [-0.2, -0.15) is 0 Å². The lowest BCUT2D eigenvalue weighted by atomic mass is 9.68. The summed E-state index contributed by atoms with van der Waals surface area (Å²) in [5, 5.41) is 2.62. The molecular formula is C24H25NO5. The van der Waals surface area contributed by atoms with Gasteiger partial charge in [0.15, 0.2) is 5.78 Å². The number of amides is 1. The Morgan fingerprint density at radius 3 is 2.23 bits per heavy atom. The van der Waals surface area contributed by atoms with Crippen molar-refractivity contribution in [1.82, 2.24) is 5.32 Å². The molecule has 156 valence electrons. The second kappa shape index (κ2) is 9.48. The first-order chi connectivity index (χ1) is 14.5. The van der Waals surface area contributed by atoms with Gasteiger partial charge in [-0.3, -0.25) is 19.2 Å². The Balaban J connectivity index is 1.84. The second-order valence-electron chi connectivity index (χ2n) is 7.50. The highest BCUT2D eigenvalue weighted by Crippen LogP contribution is 2.49. The van der Waals surface area contributed by atoms with Crippen LogP contribution in [0.1, 0.15) is 42.7 Å². The first kappa shape index (κ1) is 21.4. The third-order valence-corrected chi connectivity index (χ3v) is 5.76. The third kappa shape index (κ3) is 4.32. The highest BCUT2D eigenvalue weighted by Gasteiger charge is 2.56. The fraction of sp³-hybridized carbons (Fsp3) is 0.333. The van der Waals surface area contributed by atoms with E-state index in [0.29, 0.717) is 18.4 Å². The van der Waals surface area contributed by atoms with Gasteiger partial charge in [0.1, 0.15) is 5.41 Å². The van der Waals surface area contributed by atoms with Crippen molar-refractivity contribution in [2.45, 2.75) is 38.1 Å². The molecule has 1 aliphatic rings. The van der Waals surface area contributed by atoms with E-state index in [1.54, 1.807) is 24.3 Å². The van der Waals surface area contributed by atoms with Gasteiger partial charge in [-0.15, -0.1) is 0 Å². The molecule has 1 fully saturated rings. The van der Waals surface area contributed by atoms with E-state index < -0.39 is 29.0 Å². The fourth-order valence-corrected chi connectivity index (χ4v) is 4.22. The number of hydrogen-bond donors (Lipinski definition) is 1. The topological polar surface area (TPSA) is 89.5 Å². The Morgan fingerprint density at radius 1 is 1.03 bits per heavy atom. The van der Waals surface area contributed by atoms with E-state index in [1.165, 1.54) is 7.11 Å². The molecule has 6 nitrogen and oxygen atoms in total. The van der Waals surface area contributed by atoms with Gasteiger partial charge in [-0.05, 0) is 24.0 Å². The van der Waals surface area contributed by atoms with Crippen molar-refractivity contribution in [3.63, 3.8) is 0 Å². The van der Waals surface area contributed by atoms with Gasteiger partial charge in [0.05, 0.1) is 7.11 Å². The number of carbonyl (C=O) groups excluding carboxylic acids is 4. The molecule has 30 heavy (non-hydrogen) atoms. The van der Waals surface area contributed by atoms with Crippen LogP contribution in [0.5, 0.6) is 0 Å². The number of benzene rings is 2. The van der Waals surface area contributed by atoms with Crippen LogP contribution in [-0.2, 0) is 30.5 Å². The number of nitrogens with one attached hydrogen (secondary N) is 1. The van der Waals surface area contributed by atoms with Crippen molar-refractivity contribution in [3.05, 3.63) is 71.8 Å². The minimum atomic E-state index is -1.44. The fourth-order valence-electron chi connectivity index (χ4n) is 4.22. The summed E-state index contributed by atoms with van der Waals surface area (Å²) in [5.41, 5.74) is 0.100. The maximum absolute atomic E-state index is 12.9. The Hall–Kier alpha value is -3.28. The number of esters is 1. The smallest absolute Gasteiger partial charge is 0.319 e. The van der Waals surface area contributed by atoms with Gasteiger partial charge < -0.3 is 10.1 Å². The molecule has 2 aromatic rings. The predicted octanol–water partition coefficient (Wildman–Crippen LogP) is 2.96. The van der Waals surface area contributed by atoms with Crippen LogP contribution in [0.2, 0.25) is 0 Å². The van der Waals surface area contributed by atoms with Crippen molar-refractivity contribution in [2.24, 2.45) is 5.41 Å². The molecule has 0 bridgehead atoms. The minimum Gasteiger partial charge on any atom is -0.468 e. The van der Waals surface area contributed by atoms with Crippen molar-refractivity contribution in [3.8, 4) is 0 Å². The maximum atomic E-state index is 12.9. The molecule has 2 aromatic carbocycles. The number of methoxy groups -OCH3 is 1. The summed E-state index contributed by atoms with van der Waals surface area (Å²) in [6.45, 7) is 0.225. The molecule has 0 spiro atoms. The Kier molecular flexibility index (Phi) is 6.77. The zero-order chi connectivity index (χ0) is 21.6. The van der Waals surface area contributed by atoms with Crippen LogP contribution in [0.4, 0.5) is 0 Å². The van der Waals surface area contributed by atoms with E-state index in [2.05, 4.69) is 5.32 Å². The number of hydrogen-bond acceptors (Lipinski definition) is 5. The molecule has 0 aromatic heterocycles. The molecule has 0 saturated heterocycles. The zero-order valence-corrected chi connectivity index (χ0v) is 16.9. The van der Waals surface area contributed by atoms with E-state index in [0.717, 1.165) is 5.56 Å². The number of rotatable bonds is 8. The third-order valence-electron chi connectivity index (χ3n) is 5.76. The monoisotopic (exact) mass is 407 g/mol. The van der Waals surface area contributed by atoms with E-state index in [-0.39, 0.29) is 25.2 Å². The van der Waals surface area contributed by atoms with Gasteiger partial charge in [-0.1, -0.05) is 60.7 Å². The number of ketones is 2. The van der Waals surface area contributed by atoms with Gasteiger partial charge in [0, 0.05) is 25.3 Å². The first-order valence-corrected chi connectivity index (χ1v) is 10.0. The SMILES string of the molecule is COC(=O)C1(C(CC(=O)C(=O)NCc2ccccc2)c2ccccc2)CCCC1=O. The van der Waals surface area contributed by atoms with E-state index >= 15 is 0 Å². The average Bonchev–Trinajstić information content (AvgIpc) is 3.18. The summed E-state index contributed by atoms with van der Waals surface area (Å²) in [7, 11) is 1.24. The van der Waals surface area contributed by atoms with Crippen LogP contribution in [0.15, 0.2) is 60.7 Å². The number of carbonyl (C=O) groups is 4. The molecule has 1 N–H and O–H groups in total. The Bertz CT molecular complexity index is 925. The molecule has 6 heteroatoms. The summed E-state index contributed by atoms with van der Waals surface area (Å²) < 4.78 is 4.99. The molecule has 1 aliphatic carbocycles. The standard InChI is InChI=1S/C24H25NO5/c1-30-23(29)24(14-8-13-21(24)27)19(18-11-6-3-7-12-18)15-20(26)22(28)25-16-17-9-4-2-5-10-17/h2-7,9-12,19H,8,13-16H2,1H3,(H,25,28). The van der Waals surface area contributed by atoms with E-state index in [4.69, 9.17) is 4.74 Å². The van der Waals surface area contributed by atoms with Gasteiger partial charge in [0.25, 0.3) is 5.91 Å². The molecule has 0 radical (unpaired) electrons. The van der Waals surface area contributed by atoms with E-state index in [9.17, 15) is 19.2 Å². The summed E-state index contributed by atoms with van der Waals surface area (Å²) in [5.74, 6) is -3.03. The van der Waals surface area contributed by atoms with Gasteiger partial charge >= 0.3 is 5.97 Å². The van der Waals surface area contributed by atoms with Crippen LogP contribution in [0.3, 0.4) is 0 Å². The molecule has 0 aliphatic heterocycles. The highest BCUT2D eigenvalue weighted by atomic mass is 16.5. The van der Waals surface area contributed by atoms with Crippen LogP contribution in [0.25, 0.3) is 0 Å². The lowest BCUT2D eigenvalue weighted by molar-refractivity contribution is -0.158. The highest BCUT2D eigenvalue weighted by molar-refractivity contribution is 6.36. The summed E-state index contributed by atoms with van der Waals surface area (Å²) in [6.07, 6.45) is 0.862. The lowest BCUT2D eigenvalue weighted by Gasteiger charge is -2.33. The van der Waals surface area contributed by atoms with E-state index in [1.807, 2.05) is 36.4 Å². The summed E-state index contributed by atoms with van der Waals surface area (Å²) in [4.78, 5) is 50.9. The summed E-state index contributed by atoms with van der Waals surface area (Å²) in [6, 6.07) is 18.2.